The highest BCUT2D eigenvalue weighted by Crippen LogP contribution is 2.29. The van der Waals surface area contributed by atoms with E-state index in [-0.39, 0.29) is 11.9 Å². The van der Waals surface area contributed by atoms with Gasteiger partial charge in [-0.2, -0.15) is 0 Å². The number of nitrogens with zero attached hydrogens (tertiary/aromatic N) is 1. The van der Waals surface area contributed by atoms with Crippen molar-refractivity contribution in [3.63, 3.8) is 0 Å². The molecule has 130 valence electrons. The number of benzene rings is 1. The average Bonchev–Trinajstić information content (AvgIpc) is 3.20. The molecule has 0 spiro atoms. The molecular weight excluding hydrogens is 366 g/mol. The van der Waals surface area contributed by atoms with Crippen molar-refractivity contribution in [3.05, 3.63) is 88.1 Å². The molecule has 0 saturated heterocycles. The van der Waals surface area contributed by atoms with E-state index in [1.54, 1.807) is 12.4 Å². The van der Waals surface area contributed by atoms with Gasteiger partial charge < -0.3 is 10.3 Å². The summed E-state index contributed by atoms with van der Waals surface area (Å²) in [5.74, 6) is -0.144. The van der Waals surface area contributed by atoms with Crippen LogP contribution in [0.2, 0.25) is 4.34 Å². The first-order valence-electron chi connectivity index (χ1n) is 8.22. The number of thiophene rings is 1. The Morgan fingerprint density at radius 2 is 2.04 bits per heavy atom. The lowest BCUT2D eigenvalue weighted by molar-refractivity contribution is 0.0932. The summed E-state index contributed by atoms with van der Waals surface area (Å²) < 4.78 is 0.704. The maximum absolute atomic E-state index is 12.8. The molecule has 4 rings (SSSR count). The van der Waals surface area contributed by atoms with Gasteiger partial charge in [0.2, 0.25) is 0 Å². The van der Waals surface area contributed by atoms with Gasteiger partial charge in [0.15, 0.2) is 0 Å². The van der Waals surface area contributed by atoms with Crippen LogP contribution >= 0.6 is 22.9 Å². The highest BCUT2D eigenvalue weighted by Gasteiger charge is 2.18. The first kappa shape index (κ1) is 16.8. The van der Waals surface area contributed by atoms with Crippen molar-refractivity contribution in [1.29, 1.82) is 0 Å². The third-order valence-electron chi connectivity index (χ3n) is 4.20. The average molecular weight is 382 g/mol. The summed E-state index contributed by atoms with van der Waals surface area (Å²) in [6, 6.07) is 17.5. The second-order valence-corrected chi connectivity index (χ2v) is 7.70. The van der Waals surface area contributed by atoms with Crippen LogP contribution in [-0.4, -0.2) is 15.9 Å². The Morgan fingerprint density at radius 3 is 2.77 bits per heavy atom. The third-order valence-corrected chi connectivity index (χ3v) is 5.39. The lowest BCUT2D eigenvalue weighted by Crippen LogP contribution is -2.30. The minimum atomic E-state index is -0.163. The maximum atomic E-state index is 12.8. The minimum absolute atomic E-state index is 0.144. The number of nitrogens with one attached hydrogen (secondary N) is 2. The fourth-order valence-corrected chi connectivity index (χ4v) is 4.06. The first-order chi connectivity index (χ1) is 12.7. The summed E-state index contributed by atoms with van der Waals surface area (Å²) in [6.07, 6.45) is 4.22. The van der Waals surface area contributed by atoms with Gasteiger partial charge in [0, 0.05) is 17.8 Å². The molecule has 2 N–H and O–H groups in total. The molecule has 3 aromatic heterocycles. The fraction of sp³-hybridized carbons (Fsp3) is 0.100. The molecule has 3 heterocycles. The number of hydrogen-bond acceptors (Lipinski definition) is 3. The smallest absolute Gasteiger partial charge is 0.268 e. The van der Waals surface area contributed by atoms with Crippen LogP contribution in [0, 0.1) is 0 Å². The standard InChI is InChI=1S/C20H16ClN3OS/c21-18-11-15-10-17(24-20(15)26-18)19(25)23-16(14-7-4-8-22-12-14)9-13-5-2-1-3-6-13/h1-8,10-12,16,24H,9H2,(H,23,25). The quantitative estimate of drug-likeness (QED) is 0.511. The zero-order valence-electron chi connectivity index (χ0n) is 13.8. The summed E-state index contributed by atoms with van der Waals surface area (Å²) in [7, 11) is 0. The molecule has 0 aliphatic heterocycles. The number of H-pyrrole nitrogens is 1. The number of aromatic nitrogens is 2. The van der Waals surface area contributed by atoms with E-state index in [2.05, 4.69) is 27.4 Å². The lowest BCUT2D eigenvalue weighted by atomic mass is 10.00. The Labute approximate surface area is 159 Å². The van der Waals surface area contributed by atoms with Gasteiger partial charge in [0.05, 0.1) is 10.4 Å². The van der Waals surface area contributed by atoms with Crippen molar-refractivity contribution >= 4 is 39.1 Å². The summed E-state index contributed by atoms with van der Waals surface area (Å²) in [4.78, 5) is 21.0. The van der Waals surface area contributed by atoms with Crippen LogP contribution in [0.15, 0.2) is 67.0 Å². The number of fused-ring (bicyclic) bond motifs is 1. The molecule has 4 aromatic rings. The number of carbonyl (C=O) groups is 1. The molecule has 0 aliphatic carbocycles. The van der Waals surface area contributed by atoms with E-state index in [1.165, 1.54) is 11.3 Å². The molecule has 4 nitrogen and oxygen atoms in total. The monoisotopic (exact) mass is 381 g/mol. The van der Waals surface area contributed by atoms with E-state index >= 15 is 0 Å². The van der Waals surface area contributed by atoms with E-state index in [0.717, 1.165) is 21.3 Å². The first-order valence-corrected chi connectivity index (χ1v) is 9.41. The summed E-state index contributed by atoms with van der Waals surface area (Å²) in [6.45, 7) is 0. The summed E-state index contributed by atoms with van der Waals surface area (Å²) >= 11 is 7.43. The molecule has 6 heteroatoms. The number of rotatable bonds is 5. The van der Waals surface area contributed by atoms with Gasteiger partial charge in [0.25, 0.3) is 5.91 Å². The normalized spacial score (nSPS) is 12.2. The SMILES string of the molecule is O=C(NC(Cc1ccccc1)c1cccnc1)c1cc2cc(Cl)sc2[nH]1. The molecule has 26 heavy (non-hydrogen) atoms. The number of hydrogen-bond donors (Lipinski definition) is 2. The van der Waals surface area contributed by atoms with Crippen LogP contribution < -0.4 is 5.32 Å². The van der Waals surface area contributed by atoms with Gasteiger partial charge in [0.1, 0.15) is 10.5 Å². The zero-order chi connectivity index (χ0) is 17.9. The Bertz CT molecular complexity index is 996. The van der Waals surface area contributed by atoms with E-state index in [0.29, 0.717) is 16.5 Å². The van der Waals surface area contributed by atoms with Crippen molar-refractivity contribution in [2.75, 3.05) is 0 Å². The number of halogens is 1. The molecule has 1 unspecified atom stereocenters. The number of amides is 1. The van der Waals surface area contributed by atoms with Crippen molar-refractivity contribution in [1.82, 2.24) is 15.3 Å². The molecule has 0 aliphatic rings. The van der Waals surface area contributed by atoms with E-state index in [1.807, 2.05) is 42.5 Å². The number of aromatic amines is 1. The minimum Gasteiger partial charge on any atom is -0.344 e. The number of pyridine rings is 1. The van der Waals surface area contributed by atoms with Crippen LogP contribution in [0.5, 0.6) is 0 Å². The molecule has 0 saturated carbocycles. The van der Waals surface area contributed by atoms with Gasteiger partial charge >= 0.3 is 0 Å². The van der Waals surface area contributed by atoms with Crippen molar-refractivity contribution in [3.8, 4) is 0 Å². The largest absolute Gasteiger partial charge is 0.344 e. The van der Waals surface area contributed by atoms with Crippen molar-refractivity contribution in [2.45, 2.75) is 12.5 Å². The van der Waals surface area contributed by atoms with Gasteiger partial charge in [-0.1, -0.05) is 48.0 Å². The Kier molecular flexibility index (Phi) is 4.73. The molecule has 0 bridgehead atoms. The van der Waals surface area contributed by atoms with E-state index in [9.17, 15) is 4.79 Å². The van der Waals surface area contributed by atoms with Crippen LogP contribution in [-0.2, 0) is 6.42 Å². The van der Waals surface area contributed by atoms with Crippen LogP contribution in [0.25, 0.3) is 10.2 Å². The van der Waals surface area contributed by atoms with Gasteiger partial charge in [-0.3, -0.25) is 9.78 Å². The predicted octanol–water partition coefficient (Wildman–Crippen LogP) is 4.99. The van der Waals surface area contributed by atoms with Gasteiger partial charge in [-0.15, -0.1) is 11.3 Å². The third kappa shape index (κ3) is 3.64. The summed E-state index contributed by atoms with van der Waals surface area (Å²) in [5.41, 5.74) is 2.66. The Morgan fingerprint density at radius 1 is 1.19 bits per heavy atom. The maximum Gasteiger partial charge on any atom is 0.268 e. The Balaban J connectivity index is 1.59. The highest BCUT2D eigenvalue weighted by molar-refractivity contribution is 7.22. The second kappa shape index (κ2) is 7.32. The summed E-state index contributed by atoms with van der Waals surface area (Å²) in [5, 5.41) is 4.08. The van der Waals surface area contributed by atoms with E-state index in [4.69, 9.17) is 11.6 Å². The Hall–Kier alpha value is -2.63. The van der Waals surface area contributed by atoms with Crippen molar-refractivity contribution in [2.24, 2.45) is 0 Å². The van der Waals surface area contributed by atoms with Gasteiger partial charge in [-0.05, 0) is 35.7 Å². The molecule has 1 atom stereocenters. The zero-order valence-corrected chi connectivity index (χ0v) is 15.3. The van der Waals surface area contributed by atoms with E-state index < -0.39 is 0 Å². The lowest BCUT2D eigenvalue weighted by Gasteiger charge is -2.19. The highest BCUT2D eigenvalue weighted by atomic mass is 35.5. The van der Waals surface area contributed by atoms with Gasteiger partial charge in [-0.25, -0.2) is 0 Å². The van der Waals surface area contributed by atoms with Crippen LogP contribution in [0.3, 0.4) is 0 Å². The molecule has 1 aromatic carbocycles. The van der Waals surface area contributed by atoms with Crippen molar-refractivity contribution < 1.29 is 4.79 Å². The predicted molar refractivity (Wildman–Crippen MR) is 106 cm³/mol. The molecule has 0 radical (unpaired) electrons. The topological polar surface area (TPSA) is 57.8 Å². The van der Waals surface area contributed by atoms with Crippen LogP contribution in [0.4, 0.5) is 0 Å². The second-order valence-electron chi connectivity index (χ2n) is 6.02. The fourth-order valence-electron chi connectivity index (χ4n) is 2.93. The molecule has 0 fully saturated rings. The van der Waals surface area contributed by atoms with Crippen LogP contribution in [0.1, 0.15) is 27.7 Å². The molecule has 1 amide bonds. The number of carbonyl (C=O) groups excluding carboxylic acids is 1. The molecular formula is C20H16ClN3OS.